The lowest BCUT2D eigenvalue weighted by Gasteiger charge is -2.31. The maximum absolute atomic E-state index is 13.5. The van der Waals surface area contributed by atoms with E-state index in [9.17, 15) is 21.6 Å². The molecule has 0 atom stereocenters. The van der Waals surface area contributed by atoms with E-state index in [2.05, 4.69) is 0 Å². The first-order chi connectivity index (χ1) is 13.6. The van der Waals surface area contributed by atoms with Crippen molar-refractivity contribution >= 4 is 37.3 Å². The van der Waals surface area contributed by atoms with Gasteiger partial charge in [-0.2, -0.15) is 0 Å². The van der Waals surface area contributed by atoms with Gasteiger partial charge in [0.15, 0.2) is 0 Å². The Labute approximate surface area is 171 Å². The monoisotopic (exact) mass is 434 g/mol. The van der Waals surface area contributed by atoms with Crippen molar-refractivity contribution in [1.82, 2.24) is 0 Å². The minimum atomic E-state index is -3.84. The maximum Gasteiger partial charge on any atom is 0.264 e. The van der Waals surface area contributed by atoms with E-state index >= 15 is 0 Å². The third kappa shape index (κ3) is 3.22. The molecule has 0 N–H and O–H groups in total. The van der Waals surface area contributed by atoms with Gasteiger partial charge in [0.05, 0.1) is 22.0 Å². The molecule has 0 aliphatic carbocycles. The zero-order chi connectivity index (χ0) is 21.0. The van der Waals surface area contributed by atoms with Crippen LogP contribution in [0.15, 0.2) is 41.3 Å². The Morgan fingerprint density at radius 2 is 1.66 bits per heavy atom. The Morgan fingerprint density at radius 3 is 2.28 bits per heavy atom. The summed E-state index contributed by atoms with van der Waals surface area (Å²) in [6.07, 6.45) is 1.49. The van der Waals surface area contributed by atoms with Gasteiger partial charge < -0.3 is 0 Å². The second kappa shape index (κ2) is 6.84. The fourth-order valence-corrected chi connectivity index (χ4v) is 7.58. The Kier molecular flexibility index (Phi) is 4.70. The van der Waals surface area contributed by atoms with Gasteiger partial charge in [0, 0.05) is 13.0 Å². The van der Waals surface area contributed by atoms with Gasteiger partial charge in [0.25, 0.3) is 10.0 Å². The average Bonchev–Trinajstić information content (AvgIpc) is 2.93. The summed E-state index contributed by atoms with van der Waals surface area (Å²) in [6, 6.07) is 10.4. The number of aryl methyl sites for hydroxylation is 3. The number of para-hydroxylation sites is 1. The van der Waals surface area contributed by atoms with Gasteiger partial charge in [-0.3, -0.25) is 9.10 Å². The van der Waals surface area contributed by atoms with Gasteiger partial charge in [0.2, 0.25) is 15.9 Å². The van der Waals surface area contributed by atoms with Crippen LogP contribution in [0.5, 0.6) is 0 Å². The molecule has 7 nitrogen and oxygen atoms in total. The Bertz CT molecular complexity index is 1200. The van der Waals surface area contributed by atoms with Crippen LogP contribution in [0.1, 0.15) is 29.5 Å². The maximum atomic E-state index is 13.5. The molecule has 0 bridgehead atoms. The summed E-state index contributed by atoms with van der Waals surface area (Å²) in [7, 11) is -7.55. The van der Waals surface area contributed by atoms with E-state index in [1.165, 1.54) is 16.4 Å². The van der Waals surface area contributed by atoms with Crippen molar-refractivity contribution in [2.24, 2.45) is 0 Å². The molecule has 0 aromatic heterocycles. The van der Waals surface area contributed by atoms with Crippen LogP contribution in [-0.2, 0) is 31.3 Å². The summed E-state index contributed by atoms with van der Waals surface area (Å²) in [5.41, 5.74) is 2.69. The number of amides is 1. The molecule has 2 aliphatic rings. The fourth-order valence-electron chi connectivity index (χ4n) is 4.18. The first-order valence-corrected chi connectivity index (χ1v) is 12.5. The zero-order valence-corrected chi connectivity index (χ0v) is 17.9. The molecule has 9 heteroatoms. The number of sulfonamides is 2. The van der Waals surface area contributed by atoms with Crippen LogP contribution in [0.25, 0.3) is 0 Å². The SMILES string of the molecule is Cc1cc(N2C(=O)CCS2(=O)=O)cc(C)c1S(=O)(=O)N1CCCc2ccccc21. The molecule has 29 heavy (non-hydrogen) atoms. The molecule has 4 rings (SSSR count). The molecular formula is C20H22N2O5S2. The molecule has 0 unspecified atom stereocenters. The smallest absolute Gasteiger partial charge is 0.264 e. The van der Waals surface area contributed by atoms with Gasteiger partial charge in [-0.1, -0.05) is 18.2 Å². The summed E-state index contributed by atoms with van der Waals surface area (Å²) in [5.74, 6) is -0.724. The lowest BCUT2D eigenvalue weighted by molar-refractivity contribution is -0.116. The van der Waals surface area contributed by atoms with E-state index in [0.717, 1.165) is 22.7 Å². The van der Waals surface area contributed by atoms with Crippen molar-refractivity contribution in [1.29, 1.82) is 0 Å². The lowest BCUT2D eigenvalue weighted by atomic mass is 10.0. The first-order valence-electron chi connectivity index (χ1n) is 9.40. The Balaban J connectivity index is 1.82. The summed E-state index contributed by atoms with van der Waals surface area (Å²) < 4.78 is 53.8. The molecular weight excluding hydrogens is 412 g/mol. The molecule has 1 fully saturated rings. The molecule has 0 saturated carbocycles. The summed E-state index contributed by atoms with van der Waals surface area (Å²) in [4.78, 5) is 12.3. The molecule has 2 aliphatic heterocycles. The largest absolute Gasteiger partial charge is 0.273 e. The zero-order valence-electron chi connectivity index (χ0n) is 16.3. The summed E-state index contributed by atoms with van der Waals surface area (Å²) in [5, 5.41) is 0. The number of hydrogen-bond acceptors (Lipinski definition) is 5. The van der Waals surface area contributed by atoms with Gasteiger partial charge in [-0.05, 0) is 61.6 Å². The predicted molar refractivity (Wildman–Crippen MR) is 111 cm³/mol. The van der Waals surface area contributed by atoms with Crippen molar-refractivity contribution in [3.63, 3.8) is 0 Å². The first kappa shape index (κ1) is 19.9. The van der Waals surface area contributed by atoms with E-state index in [1.54, 1.807) is 19.9 Å². The number of benzene rings is 2. The minimum absolute atomic E-state index is 0.0644. The van der Waals surface area contributed by atoms with Crippen molar-refractivity contribution in [2.45, 2.75) is 38.0 Å². The molecule has 2 heterocycles. The van der Waals surface area contributed by atoms with Gasteiger partial charge in [0.1, 0.15) is 0 Å². The average molecular weight is 435 g/mol. The third-order valence-corrected chi connectivity index (χ3v) is 9.18. The number of carbonyl (C=O) groups excluding carboxylic acids is 1. The number of hydrogen-bond donors (Lipinski definition) is 0. The molecule has 0 spiro atoms. The van der Waals surface area contributed by atoms with E-state index < -0.39 is 26.0 Å². The molecule has 0 radical (unpaired) electrons. The van der Waals surface area contributed by atoms with Crippen molar-refractivity contribution in [2.75, 3.05) is 20.9 Å². The summed E-state index contributed by atoms with van der Waals surface area (Å²) in [6.45, 7) is 3.65. The second-order valence-corrected chi connectivity index (χ2v) is 11.2. The molecule has 2 aromatic rings. The number of fused-ring (bicyclic) bond motifs is 1. The lowest BCUT2D eigenvalue weighted by Crippen LogP contribution is -2.36. The van der Waals surface area contributed by atoms with Gasteiger partial charge in [-0.15, -0.1) is 0 Å². The number of rotatable bonds is 3. The normalized spacial score (nSPS) is 18.8. The van der Waals surface area contributed by atoms with Crippen LogP contribution in [0.3, 0.4) is 0 Å². The van der Waals surface area contributed by atoms with Crippen LogP contribution in [0, 0.1) is 13.8 Å². The number of carbonyl (C=O) groups is 1. The van der Waals surface area contributed by atoms with Crippen molar-refractivity contribution in [3.8, 4) is 0 Å². The molecule has 1 amide bonds. The quantitative estimate of drug-likeness (QED) is 0.740. The van der Waals surface area contributed by atoms with Crippen LogP contribution in [0.2, 0.25) is 0 Å². The van der Waals surface area contributed by atoms with Gasteiger partial charge in [-0.25, -0.2) is 21.1 Å². The molecule has 2 aromatic carbocycles. The Morgan fingerprint density at radius 1 is 1.00 bits per heavy atom. The highest BCUT2D eigenvalue weighted by Crippen LogP contribution is 2.36. The van der Waals surface area contributed by atoms with Crippen LogP contribution < -0.4 is 8.61 Å². The fraction of sp³-hybridized carbons (Fsp3) is 0.350. The van der Waals surface area contributed by atoms with Gasteiger partial charge >= 0.3 is 0 Å². The minimum Gasteiger partial charge on any atom is -0.273 e. The van der Waals surface area contributed by atoms with Crippen molar-refractivity contribution in [3.05, 3.63) is 53.1 Å². The number of anilines is 2. The summed E-state index contributed by atoms with van der Waals surface area (Å²) >= 11 is 0. The van der Waals surface area contributed by atoms with E-state index in [-0.39, 0.29) is 22.8 Å². The Hall–Kier alpha value is -2.39. The highest BCUT2D eigenvalue weighted by Gasteiger charge is 2.38. The second-order valence-electron chi connectivity index (χ2n) is 7.44. The topological polar surface area (TPSA) is 91.8 Å². The van der Waals surface area contributed by atoms with Crippen molar-refractivity contribution < 1.29 is 21.6 Å². The van der Waals surface area contributed by atoms with E-state index in [4.69, 9.17) is 0 Å². The molecule has 1 saturated heterocycles. The van der Waals surface area contributed by atoms with Crippen LogP contribution in [0.4, 0.5) is 11.4 Å². The standard InChI is InChI=1S/C20H22N2O5S2/c1-14-12-17(22-19(23)9-11-28(22,24)25)13-15(2)20(14)29(26,27)21-10-5-7-16-6-3-4-8-18(16)21/h3-4,6,8,12-13H,5,7,9-11H2,1-2H3. The molecule has 154 valence electrons. The third-order valence-electron chi connectivity index (χ3n) is 5.37. The highest BCUT2D eigenvalue weighted by molar-refractivity contribution is 7.94. The van der Waals surface area contributed by atoms with E-state index in [0.29, 0.717) is 23.4 Å². The van der Waals surface area contributed by atoms with E-state index in [1.807, 2.05) is 18.2 Å². The number of nitrogens with zero attached hydrogens (tertiary/aromatic N) is 2. The van der Waals surface area contributed by atoms with Crippen LogP contribution >= 0.6 is 0 Å². The predicted octanol–water partition coefficient (Wildman–Crippen LogP) is 2.51. The highest BCUT2D eigenvalue weighted by atomic mass is 32.2. The van der Waals surface area contributed by atoms with Crippen LogP contribution in [-0.4, -0.2) is 35.0 Å².